The lowest BCUT2D eigenvalue weighted by Crippen LogP contribution is -2.03. The summed E-state index contributed by atoms with van der Waals surface area (Å²) in [6.45, 7) is 1.79. The third-order valence-electron chi connectivity index (χ3n) is 2.27. The minimum absolute atomic E-state index is 0.00858. The molecular weight excluding hydrogens is 258 g/mol. The summed E-state index contributed by atoms with van der Waals surface area (Å²) in [5, 5.41) is 22.9. The van der Waals surface area contributed by atoms with E-state index >= 15 is 0 Å². The van der Waals surface area contributed by atoms with Gasteiger partial charge in [-0.3, -0.25) is 5.43 Å². The Labute approximate surface area is 115 Å². The molecule has 92 valence electrons. The highest BCUT2D eigenvalue weighted by Gasteiger charge is 2.20. The fourth-order valence-electron chi connectivity index (χ4n) is 1.35. The molecule has 0 fully saturated rings. The van der Waals surface area contributed by atoms with Crippen LogP contribution in [-0.2, 0) is 0 Å². The Morgan fingerprint density at radius 2 is 1.95 bits per heavy atom. The molecule has 0 aromatic heterocycles. The van der Waals surface area contributed by atoms with Crippen molar-refractivity contribution in [3.63, 3.8) is 0 Å². The molecular formula is C13H9N5S. The van der Waals surface area contributed by atoms with Gasteiger partial charge in [0, 0.05) is 0 Å². The number of hydrogen-bond acceptors (Lipinski definition) is 6. The molecule has 5 nitrogen and oxygen atoms in total. The maximum atomic E-state index is 8.80. The molecule has 0 atom stereocenters. The van der Waals surface area contributed by atoms with E-state index in [2.05, 4.69) is 15.5 Å². The third-order valence-corrected chi connectivity index (χ3v) is 3.34. The number of aliphatic imine (C=N–C) groups is 1. The monoisotopic (exact) mass is 267 g/mol. The van der Waals surface area contributed by atoms with Gasteiger partial charge in [0.2, 0.25) is 0 Å². The summed E-state index contributed by atoms with van der Waals surface area (Å²) in [4.78, 5) is 4.17. The number of para-hydroxylation sites is 1. The molecule has 1 aromatic rings. The highest BCUT2D eigenvalue weighted by atomic mass is 32.2. The van der Waals surface area contributed by atoms with Gasteiger partial charge in [-0.15, -0.1) is 0 Å². The Bertz CT molecular complexity index is 643. The van der Waals surface area contributed by atoms with Crippen molar-refractivity contribution in [3.8, 4) is 12.1 Å². The fourth-order valence-corrected chi connectivity index (χ4v) is 2.19. The minimum atomic E-state index is 0.00858. The Morgan fingerprint density at radius 3 is 2.58 bits per heavy atom. The van der Waals surface area contributed by atoms with Crippen molar-refractivity contribution in [1.29, 1.82) is 10.5 Å². The Morgan fingerprint density at radius 1 is 1.26 bits per heavy atom. The van der Waals surface area contributed by atoms with Gasteiger partial charge in [-0.2, -0.15) is 15.6 Å². The number of hydrazone groups is 1. The molecule has 0 radical (unpaired) electrons. The zero-order chi connectivity index (χ0) is 13.7. The average molecular weight is 267 g/mol. The number of nitrogens with zero attached hydrogens (tertiary/aromatic N) is 4. The van der Waals surface area contributed by atoms with Gasteiger partial charge in [0.15, 0.2) is 5.57 Å². The topological polar surface area (TPSA) is 84.3 Å². The molecule has 0 bridgehead atoms. The molecule has 6 heteroatoms. The summed E-state index contributed by atoms with van der Waals surface area (Å²) >= 11 is 1.21. The Kier molecular flexibility index (Phi) is 3.97. The van der Waals surface area contributed by atoms with E-state index in [9.17, 15) is 0 Å². The SMILES string of the molecule is CC1=NC(=C(C#N)C#N)SC1=NNc1ccccc1. The van der Waals surface area contributed by atoms with Gasteiger partial charge < -0.3 is 0 Å². The van der Waals surface area contributed by atoms with Crippen LogP contribution in [0, 0.1) is 22.7 Å². The van der Waals surface area contributed by atoms with Gasteiger partial charge in [0.25, 0.3) is 0 Å². The van der Waals surface area contributed by atoms with E-state index in [1.807, 2.05) is 42.5 Å². The van der Waals surface area contributed by atoms with Crippen molar-refractivity contribution in [2.45, 2.75) is 6.92 Å². The van der Waals surface area contributed by atoms with Gasteiger partial charge in [0.1, 0.15) is 22.2 Å². The maximum Gasteiger partial charge on any atom is 0.162 e. The first-order valence-electron chi connectivity index (χ1n) is 5.41. The molecule has 0 amide bonds. The normalized spacial score (nSPS) is 15.6. The zero-order valence-corrected chi connectivity index (χ0v) is 10.9. The predicted octanol–water partition coefficient (Wildman–Crippen LogP) is 2.88. The van der Waals surface area contributed by atoms with Gasteiger partial charge in [-0.25, -0.2) is 4.99 Å². The van der Waals surface area contributed by atoms with Crippen LogP contribution in [-0.4, -0.2) is 10.8 Å². The second-order valence-corrected chi connectivity index (χ2v) is 4.58. The van der Waals surface area contributed by atoms with Gasteiger partial charge >= 0.3 is 0 Å². The summed E-state index contributed by atoms with van der Waals surface area (Å²) < 4.78 is 0. The van der Waals surface area contributed by atoms with Crippen molar-refractivity contribution in [2.24, 2.45) is 10.1 Å². The highest BCUT2D eigenvalue weighted by molar-refractivity contribution is 8.19. The molecule has 1 aliphatic heterocycles. The van der Waals surface area contributed by atoms with Crippen LogP contribution < -0.4 is 5.43 Å². The predicted molar refractivity (Wildman–Crippen MR) is 76.5 cm³/mol. The maximum absolute atomic E-state index is 8.80. The lowest BCUT2D eigenvalue weighted by molar-refractivity contribution is 1.35. The highest BCUT2D eigenvalue weighted by Crippen LogP contribution is 2.29. The Hall–Kier alpha value is -2.57. The molecule has 1 heterocycles. The number of allylic oxidation sites excluding steroid dienone is 1. The quantitative estimate of drug-likeness (QED) is 0.659. The third kappa shape index (κ3) is 3.01. The molecule has 2 rings (SSSR count). The summed E-state index contributed by atoms with van der Waals surface area (Å²) in [5.74, 6) is 0. The van der Waals surface area contributed by atoms with E-state index < -0.39 is 0 Å². The van der Waals surface area contributed by atoms with Crippen LogP contribution in [0.4, 0.5) is 5.69 Å². The molecule has 0 saturated carbocycles. The number of rotatable bonds is 2. The number of hydrogen-bond donors (Lipinski definition) is 1. The minimum Gasteiger partial charge on any atom is -0.277 e. The molecule has 0 unspecified atom stereocenters. The van der Waals surface area contributed by atoms with Crippen LogP contribution in [0.2, 0.25) is 0 Å². The fraction of sp³-hybridized carbons (Fsp3) is 0.0769. The molecule has 0 spiro atoms. The first-order valence-corrected chi connectivity index (χ1v) is 6.23. The van der Waals surface area contributed by atoms with Crippen LogP contribution in [0.3, 0.4) is 0 Å². The molecule has 1 aromatic carbocycles. The van der Waals surface area contributed by atoms with E-state index in [4.69, 9.17) is 10.5 Å². The standard InChI is InChI=1S/C13H9N5S/c1-9-12(18-17-11-5-3-2-4-6-11)19-13(16-9)10(7-14)8-15/h2-6,17H,1H3. The van der Waals surface area contributed by atoms with E-state index in [1.165, 1.54) is 11.8 Å². The smallest absolute Gasteiger partial charge is 0.162 e. The van der Waals surface area contributed by atoms with E-state index in [0.717, 1.165) is 5.69 Å². The van der Waals surface area contributed by atoms with Crippen molar-refractivity contribution in [1.82, 2.24) is 0 Å². The zero-order valence-electron chi connectivity index (χ0n) is 10.1. The summed E-state index contributed by atoms with van der Waals surface area (Å²) in [6, 6.07) is 13.2. The van der Waals surface area contributed by atoms with Crippen LogP contribution in [0.5, 0.6) is 0 Å². The number of nitrogens with one attached hydrogen (secondary N) is 1. The molecule has 0 aliphatic carbocycles. The first-order chi connectivity index (χ1) is 9.24. The van der Waals surface area contributed by atoms with Gasteiger partial charge in [-0.05, 0) is 30.8 Å². The van der Waals surface area contributed by atoms with Gasteiger partial charge in [0.05, 0.1) is 11.4 Å². The van der Waals surface area contributed by atoms with Gasteiger partial charge in [-0.1, -0.05) is 18.2 Å². The first kappa shape index (κ1) is 12.9. The second-order valence-electron chi connectivity index (χ2n) is 3.60. The van der Waals surface area contributed by atoms with E-state index in [1.54, 1.807) is 6.92 Å². The van der Waals surface area contributed by atoms with Crippen LogP contribution in [0.1, 0.15) is 6.92 Å². The Balaban J connectivity index is 2.18. The van der Waals surface area contributed by atoms with Crippen molar-refractivity contribution in [3.05, 3.63) is 40.9 Å². The lowest BCUT2D eigenvalue weighted by atomic mass is 10.3. The van der Waals surface area contributed by atoms with Crippen molar-refractivity contribution in [2.75, 3.05) is 5.43 Å². The molecule has 1 N–H and O–H groups in total. The summed E-state index contributed by atoms with van der Waals surface area (Å²) in [6.07, 6.45) is 0. The van der Waals surface area contributed by atoms with E-state index in [-0.39, 0.29) is 5.57 Å². The van der Waals surface area contributed by atoms with Crippen LogP contribution in [0.25, 0.3) is 0 Å². The molecule has 0 saturated heterocycles. The number of benzene rings is 1. The largest absolute Gasteiger partial charge is 0.277 e. The number of nitriles is 2. The molecule has 19 heavy (non-hydrogen) atoms. The lowest BCUT2D eigenvalue weighted by Gasteiger charge is -2.00. The summed E-state index contributed by atoms with van der Waals surface area (Å²) in [7, 11) is 0. The van der Waals surface area contributed by atoms with Crippen LogP contribution >= 0.6 is 11.8 Å². The van der Waals surface area contributed by atoms with E-state index in [0.29, 0.717) is 15.8 Å². The number of thioether (sulfide) groups is 1. The van der Waals surface area contributed by atoms with Crippen molar-refractivity contribution < 1.29 is 0 Å². The summed E-state index contributed by atoms with van der Waals surface area (Å²) in [5.41, 5.74) is 4.47. The molecule has 1 aliphatic rings. The van der Waals surface area contributed by atoms with Crippen LogP contribution in [0.15, 0.2) is 51.0 Å². The number of anilines is 1. The van der Waals surface area contributed by atoms with Crippen molar-refractivity contribution >= 4 is 28.2 Å². The second kappa shape index (κ2) is 5.85. The average Bonchev–Trinajstić information content (AvgIpc) is 2.80.